The van der Waals surface area contributed by atoms with Crippen molar-refractivity contribution in [1.29, 1.82) is 0 Å². The van der Waals surface area contributed by atoms with Gasteiger partial charge in [-0.15, -0.1) is 0 Å². The normalized spacial score (nSPS) is 12.6. The summed E-state index contributed by atoms with van der Waals surface area (Å²) in [4.78, 5) is 19.3. The Morgan fingerprint density at radius 1 is 1.56 bits per heavy atom. The molecule has 0 bridgehead atoms. The second kappa shape index (κ2) is 5.18. The fraction of sp³-hybridized carbons (Fsp3) is 0.385. The first-order valence-corrected chi connectivity index (χ1v) is 6.07. The van der Waals surface area contributed by atoms with Crippen LogP contribution in [0, 0.1) is 12.8 Å². The number of aromatic amines is 1. The van der Waals surface area contributed by atoms with Gasteiger partial charge in [0.2, 0.25) is 5.91 Å². The van der Waals surface area contributed by atoms with E-state index in [1.165, 1.54) is 0 Å². The molecule has 0 radical (unpaired) electrons. The van der Waals surface area contributed by atoms with Crippen molar-refractivity contribution < 1.29 is 4.79 Å². The topological polar surface area (TPSA) is 83.8 Å². The van der Waals surface area contributed by atoms with Crippen LogP contribution in [-0.2, 0) is 4.79 Å². The van der Waals surface area contributed by atoms with E-state index in [0.717, 1.165) is 22.5 Å². The summed E-state index contributed by atoms with van der Waals surface area (Å²) >= 11 is 0. The van der Waals surface area contributed by atoms with E-state index in [1.54, 1.807) is 0 Å². The number of amides is 1. The molecule has 5 nitrogen and oxygen atoms in total. The molecule has 1 amide bonds. The summed E-state index contributed by atoms with van der Waals surface area (Å²) in [5.41, 5.74) is 8.05. The average Bonchev–Trinajstić information content (AvgIpc) is 2.68. The quantitative estimate of drug-likeness (QED) is 0.769. The number of H-pyrrole nitrogens is 1. The van der Waals surface area contributed by atoms with Crippen molar-refractivity contribution >= 4 is 22.6 Å². The highest BCUT2D eigenvalue weighted by molar-refractivity contribution is 5.94. The number of rotatable bonds is 4. The van der Waals surface area contributed by atoms with Gasteiger partial charge in [0, 0.05) is 11.6 Å². The third-order valence-corrected chi connectivity index (χ3v) is 2.92. The number of hydrogen-bond donors (Lipinski definition) is 3. The van der Waals surface area contributed by atoms with Crippen molar-refractivity contribution in [2.75, 3.05) is 11.9 Å². The molecule has 0 aliphatic rings. The van der Waals surface area contributed by atoms with Gasteiger partial charge in [0.05, 0.1) is 11.0 Å². The summed E-state index contributed by atoms with van der Waals surface area (Å²) < 4.78 is 0. The lowest BCUT2D eigenvalue weighted by atomic mass is 10.1. The number of aryl methyl sites for hydroxylation is 1. The lowest BCUT2D eigenvalue weighted by Gasteiger charge is -2.10. The molecule has 18 heavy (non-hydrogen) atoms. The zero-order valence-electron chi connectivity index (χ0n) is 10.7. The van der Waals surface area contributed by atoms with Crippen LogP contribution in [0.15, 0.2) is 18.2 Å². The highest BCUT2D eigenvalue weighted by Gasteiger charge is 2.12. The minimum Gasteiger partial charge on any atom is -0.342 e. The molecular weight excluding hydrogens is 228 g/mol. The van der Waals surface area contributed by atoms with Gasteiger partial charge in [0.25, 0.3) is 0 Å². The van der Waals surface area contributed by atoms with Crippen LogP contribution < -0.4 is 11.1 Å². The van der Waals surface area contributed by atoms with E-state index < -0.39 is 0 Å². The Hall–Kier alpha value is -1.88. The van der Waals surface area contributed by atoms with E-state index in [-0.39, 0.29) is 11.8 Å². The van der Waals surface area contributed by atoms with Gasteiger partial charge in [-0.1, -0.05) is 6.92 Å². The first kappa shape index (κ1) is 12.6. The monoisotopic (exact) mass is 246 g/mol. The maximum absolute atomic E-state index is 11.9. The third-order valence-electron chi connectivity index (χ3n) is 2.92. The molecule has 2 rings (SSSR count). The number of carbonyl (C=O) groups excluding carboxylic acids is 1. The van der Waals surface area contributed by atoms with Crippen LogP contribution in [0.4, 0.5) is 5.69 Å². The number of carbonyl (C=O) groups is 1. The van der Waals surface area contributed by atoms with Crippen molar-refractivity contribution in [3.63, 3.8) is 0 Å². The zero-order valence-corrected chi connectivity index (χ0v) is 10.7. The second-order valence-corrected chi connectivity index (χ2v) is 4.52. The van der Waals surface area contributed by atoms with Gasteiger partial charge in [-0.3, -0.25) is 4.79 Å². The Balaban J connectivity index is 2.14. The van der Waals surface area contributed by atoms with Crippen LogP contribution in [-0.4, -0.2) is 22.4 Å². The third kappa shape index (κ3) is 2.68. The summed E-state index contributed by atoms with van der Waals surface area (Å²) in [5, 5.41) is 2.89. The standard InChI is InChI=1S/C13H18N4O/c1-8(5-6-14)13(18)17-10-3-4-11-12(7-10)16-9(2)15-11/h3-4,7-8H,5-6,14H2,1-2H3,(H,15,16)(H,17,18). The number of benzene rings is 1. The molecule has 0 saturated heterocycles. The second-order valence-electron chi connectivity index (χ2n) is 4.52. The molecule has 1 aromatic heterocycles. The molecule has 4 N–H and O–H groups in total. The first-order chi connectivity index (χ1) is 8.60. The number of nitrogens with zero attached hydrogens (tertiary/aromatic N) is 1. The zero-order chi connectivity index (χ0) is 13.1. The molecule has 2 aromatic rings. The molecule has 0 saturated carbocycles. The summed E-state index contributed by atoms with van der Waals surface area (Å²) in [6, 6.07) is 5.64. The van der Waals surface area contributed by atoms with E-state index in [2.05, 4.69) is 15.3 Å². The Bertz CT molecular complexity index is 561. The maximum Gasteiger partial charge on any atom is 0.227 e. The van der Waals surface area contributed by atoms with Crippen molar-refractivity contribution in [1.82, 2.24) is 9.97 Å². The molecule has 1 aromatic carbocycles. The van der Waals surface area contributed by atoms with Gasteiger partial charge in [-0.2, -0.15) is 0 Å². The van der Waals surface area contributed by atoms with Gasteiger partial charge >= 0.3 is 0 Å². The number of nitrogens with two attached hydrogens (primary N) is 1. The summed E-state index contributed by atoms with van der Waals surface area (Å²) in [7, 11) is 0. The Morgan fingerprint density at radius 3 is 3.06 bits per heavy atom. The van der Waals surface area contributed by atoms with Crippen LogP contribution in [0.3, 0.4) is 0 Å². The number of anilines is 1. The van der Waals surface area contributed by atoms with E-state index in [9.17, 15) is 4.79 Å². The van der Waals surface area contributed by atoms with E-state index in [0.29, 0.717) is 13.0 Å². The molecule has 1 heterocycles. The molecule has 96 valence electrons. The summed E-state index contributed by atoms with van der Waals surface area (Å²) in [6.07, 6.45) is 0.692. The first-order valence-electron chi connectivity index (χ1n) is 6.07. The van der Waals surface area contributed by atoms with Crippen LogP contribution in [0.2, 0.25) is 0 Å². The van der Waals surface area contributed by atoms with Gasteiger partial charge < -0.3 is 16.0 Å². The van der Waals surface area contributed by atoms with Gasteiger partial charge in [-0.05, 0) is 38.1 Å². The molecule has 5 heteroatoms. The highest BCUT2D eigenvalue weighted by Crippen LogP contribution is 2.18. The van der Waals surface area contributed by atoms with Crippen LogP contribution in [0.5, 0.6) is 0 Å². The van der Waals surface area contributed by atoms with Crippen LogP contribution >= 0.6 is 0 Å². The fourth-order valence-electron chi connectivity index (χ4n) is 1.86. The smallest absolute Gasteiger partial charge is 0.227 e. The lowest BCUT2D eigenvalue weighted by molar-refractivity contribution is -0.119. The molecule has 0 fully saturated rings. The molecule has 1 unspecified atom stereocenters. The van der Waals surface area contributed by atoms with E-state index in [4.69, 9.17) is 5.73 Å². The van der Waals surface area contributed by atoms with Crippen molar-refractivity contribution in [3.8, 4) is 0 Å². The lowest BCUT2D eigenvalue weighted by Crippen LogP contribution is -2.22. The summed E-state index contributed by atoms with van der Waals surface area (Å²) in [6.45, 7) is 4.30. The maximum atomic E-state index is 11.9. The van der Waals surface area contributed by atoms with Gasteiger partial charge in [0.1, 0.15) is 5.82 Å². The largest absolute Gasteiger partial charge is 0.342 e. The Morgan fingerprint density at radius 2 is 2.33 bits per heavy atom. The SMILES string of the molecule is Cc1nc2ccc(NC(=O)C(C)CCN)cc2[nH]1. The Kier molecular flexibility index (Phi) is 3.62. The molecule has 0 aliphatic heterocycles. The van der Waals surface area contributed by atoms with Crippen molar-refractivity contribution in [2.45, 2.75) is 20.3 Å². The number of hydrogen-bond acceptors (Lipinski definition) is 3. The fourth-order valence-corrected chi connectivity index (χ4v) is 1.86. The Labute approximate surface area is 106 Å². The minimum absolute atomic E-state index is 0.00367. The van der Waals surface area contributed by atoms with Gasteiger partial charge in [-0.25, -0.2) is 4.98 Å². The molecule has 0 spiro atoms. The van der Waals surface area contributed by atoms with E-state index >= 15 is 0 Å². The number of nitrogens with one attached hydrogen (secondary N) is 2. The number of fused-ring (bicyclic) bond motifs is 1. The average molecular weight is 246 g/mol. The minimum atomic E-state index is -0.0748. The predicted octanol–water partition coefficient (Wildman–Crippen LogP) is 1.79. The van der Waals surface area contributed by atoms with E-state index in [1.807, 2.05) is 32.0 Å². The highest BCUT2D eigenvalue weighted by atomic mass is 16.1. The predicted molar refractivity (Wildman–Crippen MR) is 72.3 cm³/mol. The van der Waals surface area contributed by atoms with Crippen LogP contribution in [0.1, 0.15) is 19.2 Å². The number of aromatic nitrogens is 2. The summed E-state index contributed by atoms with van der Waals surface area (Å²) in [5.74, 6) is 0.787. The van der Waals surface area contributed by atoms with Crippen LogP contribution in [0.25, 0.3) is 11.0 Å². The molecule has 1 atom stereocenters. The van der Waals surface area contributed by atoms with Gasteiger partial charge in [0.15, 0.2) is 0 Å². The van der Waals surface area contributed by atoms with Crippen molar-refractivity contribution in [3.05, 3.63) is 24.0 Å². The molecule has 0 aliphatic carbocycles. The number of imidazole rings is 1. The van der Waals surface area contributed by atoms with Crippen molar-refractivity contribution in [2.24, 2.45) is 11.7 Å². The molecular formula is C13H18N4O.